The molecule has 8 heteroatoms. The van der Waals surface area contributed by atoms with Gasteiger partial charge in [-0.15, -0.1) is 0 Å². The second kappa shape index (κ2) is 5.19. The summed E-state index contributed by atoms with van der Waals surface area (Å²) in [7, 11) is -3.11. The second-order valence-electron chi connectivity index (χ2n) is 4.38. The van der Waals surface area contributed by atoms with E-state index < -0.39 is 15.8 Å². The Kier molecular flexibility index (Phi) is 3.94. The molecule has 5 nitrogen and oxygen atoms in total. The first-order valence-electron chi connectivity index (χ1n) is 5.48. The maximum absolute atomic E-state index is 11.9. The van der Waals surface area contributed by atoms with Gasteiger partial charge < -0.3 is 10.4 Å². The molecule has 104 valence electrons. The molecular weight excluding hydrogens is 313 g/mol. The molecule has 1 aliphatic heterocycles. The van der Waals surface area contributed by atoms with E-state index in [1.54, 1.807) is 0 Å². The van der Waals surface area contributed by atoms with Crippen molar-refractivity contribution in [3.8, 4) is 5.75 Å². The van der Waals surface area contributed by atoms with Gasteiger partial charge in [0.1, 0.15) is 0 Å². The van der Waals surface area contributed by atoms with Gasteiger partial charge in [-0.1, -0.05) is 23.2 Å². The van der Waals surface area contributed by atoms with Crippen LogP contribution in [0.15, 0.2) is 12.1 Å². The number of halogens is 2. The van der Waals surface area contributed by atoms with E-state index in [1.807, 2.05) is 0 Å². The van der Waals surface area contributed by atoms with Crippen molar-refractivity contribution in [3.63, 3.8) is 0 Å². The predicted molar refractivity (Wildman–Crippen MR) is 73.5 cm³/mol. The van der Waals surface area contributed by atoms with Crippen molar-refractivity contribution < 1.29 is 18.3 Å². The number of amides is 1. The number of hydrogen-bond donors (Lipinski definition) is 2. The van der Waals surface area contributed by atoms with Gasteiger partial charge in [0.15, 0.2) is 15.6 Å². The third-order valence-electron chi connectivity index (χ3n) is 2.89. The largest absolute Gasteiger partial charge is 0.505 e. The lowest BCUT2D eigenvalue weighted by Crippen LogP contribution is -2.23. The minimum absolute atomic E-state index is 0.0156. The van der Waals surface area contributed by atoms with Gasteiger partial charge in [-0.05, 0) is 18.6 Å². The minimum Gasteiger partial charge on any atom is -0.505 e. The molecule has 1 aromatic rings. The quantitative estimate of drug-likeness (QED) is 0.816. The summed E-state index contributed by atoms with van der Waals surface area (Å²) in [6, 6.07) is 2.70. The van der Waals surface area contributed by atoms with E-state index >= 15 is 0 Å². The lowest BCUT2D eigenvalue weighted by Gasteiger charge is -2.11. The lowest BCUT2D eigenvalue weighted by atomic mass is 10.1. The average molecular weight is 324 g/mol. The molecule has 1 aliphatic rings. The number of aromatic hydroxyl groups is 1. The highest BCUT2D eigenvalue weighted by atomic mass is 35.5. The van der Waals surface area contributed by atoms with E-state index in [-0.39, 0.29) is 33.2 Å². The average Bonchev–Trinajstić information content (AvgIpc) is 2.66. The molecule has 2 N–H and O–H groups in total. The zero-order valence-electron chi connectivity index (χ0n) is 9.69. The van der Waals surface area contributed by atoms with Crippen molar-refractivity contribution in [2.75, 3.05) is 16.8 Å². The van der Waals surface area contributed by atoms with Gasteiger partial charge in [0.2, 0.25) is 5.91 Å². The Labute approximate surface area is 120 Å². The Hall–Kier alpha value is -0.980. The second-order valence-corrected chi connectivity index (χ2v) is 7.42. The highest BCUT2D eigenvalue weighted by molar-refractivity contribution is 7.91. The van der Waals surface area contributed by atoms with Crippen molar-refractivity contribution in [3.05, 3.63) is 22.2 Å². The number of anilines is 1. The van der Waals surface area contributed by atoms with Gasteiger partial charge in [0.25, 0.3) is 0 Å². The first kappa shape index (κ1) is 14.4. The number of phenols is 1. The van der Waals surface area contributed by atoms with E-state index in [2.05, 4.69) is 5.32 Å². The van der Waals surface area contributed by atoms with Crippen molar-refractivity contribution >= 4 is 44.6 Å². The lowest BCUT2D eigenvalue weighted by molar-refractivity contribution is -0.119. The van der Waals surface area contributed by atoms with E-state index in [1.165, 1.54) is 12.1 Å². The molecular formula is C11H11Cl2NO4S. The Morgan fingerprint density at radius 1 is 1.32 bits per heavy atom. The molecule has 1 amide bonds. The van der Waals surface area contributed by atoms with Crippen molar-refractivity contribution in [1.82, 2.24) is 0 Å². The van der Waals surface area contributed by atoms with Gasteiger partial charge in [-0.2, -0.15) is 0 Å². The number of carbonyl (C=O) groups excluding carboxylic acids is 1. The summed E-state index contributed by atoms with van der Waals surface area (Å²) in [5, 5.41) is 12.0. The first-order valence-corrected chi connectivity index (χ1v) is 8.05. The summed E-state index contributed by atoms with van der Waals surface area (Å²) in [6.45, 7) is 0. The Bertz CT molecular complexity index is 607. The zero-order valence-corrected chi connectivity index (χ0v) is 12.0. The zero-order chi connectivity index (χ0) is 14.2. The maximum Gasteiger partial charge on any atom is 0.228 e. The molecule has 0 aliphatic carbocycles. The van der Waals surface area contributed by atoms with Crippen molar-refractivity contribution in [2.45, 2.75) is 6.42 Å². The van der Waals surface area contributed by atoms with E-state index in [4.69, 9.17) is 23.2 Å². The molecule has 0 spiro atoms. The van der Waals surface area contributed by atoms with Crippen LogP contribution < -0.4 is 5.32 Å². The normalized spacial score (nSPS) is 21.3. The number of hydrogen-bond acceptors (Lipinski definition) is 4. The van der Waals surface area contributed by atoms with Crippen LogP contribution >= 0.6 is 23.2 Å². The molecule has 0 saturated carbocycles. The monoisotopic (exact) mass is 323 g/mol. The summed E-state index contributed by atoms with van der Waals surface area (Å²) in [5.41, 5.74) is 0.321. The van der Waals surface area contributed by atoms with Crippen LogP contribution in [0.3, 0.4) is 0 Å². The fraction of sp³-hybridized carbons (Fsp3) is 0.364. The van der Waals surface area contributed by atoms with Gasteiger partial charge >= 0.3 is 0 Å². The molecule has 0 bridgehead atoms. The minimum atomic E-state index is -3.11. The number of phenolic OH excluding ortho intramolecular Hbond substituents is 1. The Morgan fingerprint density at radius 2 is 1.89 bits per heavy atom. The molecule has 1 saturated heterocycles. The third kappa shape index (κ3) is 3.32. The predicted octanol–water partition coefficient (Wildman–Crippen LogP) is 2.07. The summed E-state index contributed by atoms with van der Waals surface area (Å²) in [4.78, 5) is 11.9. The molecule has 1 heterocycles. The number of rotatable bonds is 2. The van der Waals surface area contributed by atoms with Crippen molar-refractivity contribution in [1.29, 1.82) is 0 Å². The Morgan fingerprint density at radius 3 is 2.37 bits per heavy atom. The highest BCUT2D eigenvalue weighted by Gasteiger charge is 2.33. The van der Waals surface area contributed by atoms with Gasteiger partial charge in [-0.3, -0.25) is 4.79 Å². The number of nitrogens with one attached hydrogen (secondary N) is 1. The fourth-order valence-electron chi connectivity index (χ4n) is 1.88. The highest BCUT2D eigenvalue weighted by Crippen LogP contribution is 2.35. The maximum atomic E-state index is 11.9. The van der Waals surface area contributed by atoms with Crippen molar-refractivity contribution in [2.24, 2.45) is 5.92 Å². The standard InChI is InChI=1S/C11H11Cl2NO4S/c12-8-3-7(4-9(13)10(8)15)14-11(16)6-1-2-19(17,18)5-6/h3-4,6,15H,1-2,5H2,(H,14,16). The smallest absolute Gasteiger partial charge is 0.228 e. The number of benzene rings is 1. The summed E-state index contributed by atoms with van der Waals surface area (Å²) in [5.74, 6) is -1.32. The van der Waals surface area contributed by atoms with Crippen LogP contribution in [-0.4, -0.2) is 30.9 Å². The third-order valence-corrected chi connectivity index (χ3v) is 5.23. The molecule has 0 aromatic heterocycles. The topological polar surface area (TPSA) is 83.5 Å². The molecule has 1 atom stereocenters. The summed E-state index contributed by atoms with van der Waals surface area (Å²) < 4.78 is 22.6. The SMILES string of the molecule is O=C(Nc1cc(Cl)c(O)c(Cl)c1)C1CCS(=O)(=O)C1. The van der Waals surface area contributed by atoms with Gasteiger partial charge in [0, 0.05) is 5.69 Å². The molecule has 2 rings (SSSR count). The van der Waals surface area contributed by atoms with Crippen LogP contribution in [-0.2, 0) is 14.6 Å². The van der Waals surface area contributed by atoms with Gasteiger partial charge in [0.05, 0.1) is 27.5 Å². The van der Waals surface area contributed by atoms with Crippen LogP contribution in [0, 0.1) is 5.92 Å². The fourth-order valence-corrected chi connectivity index (χ4v) is 4.11. The van der Waals surface area contributed by atoms with E-state index in [0.29, 0.717) is 12.1 Å². The molecule has 1 unspecified atom stereocenters. The summed E-state index contributed by atoms with van der Waals surface area (Å²) in [6.07, 6.45) is 0.313. The molecule has 0 radical (unpaired) electrons. The van der Waals surface area contributed by atoms with Crippen LogP contribution in [0.2, 0.25) is 10.0 Å². The van der Waals surface area contributed by atoms with Crippen LogP contribution in [0.5, 0.6) is 5.75 Å². The first-order chi connectivity index (χ1) is 8.78. The van der Waals surface area contributed by atoms with E-state index in [0.717, 1.165) is 0 Å². The molecule has 19 heavy (non-hydrogen) atoms. The molecule has 1 aromatic carbocycles. The van der Waals surface area contributed by atoms with Crippen LogP contribution in [0.1, 0.15) is 6.42 Å². The van der Waals surface area contributed by atoms with Crippen LogP contribution in [0.25, 0.3) is 0 Å². The van der Waals surface area contributed by atoms with E-state index in [9.17, 15) is 18.3 Å². The molecule has 1 fully saturated rings. The Balaban J connectivity index is 2.12. The van der Waals surface area contributed by atoms with Gasteiger partial charge in [-0.25, -0.2) is 8.42 Å². The number of carbonyl (C=O) groups is 1. The summed E-state index contributed by atoms with van der Waals surface area (Å²) >= 11 is 11.5. The number of sulfone groups is 1. The van der Waals surface area contributed by atoms with Crippen LogP contribution in [0.4, 0.5) is 5.69 Å².